The topological polar surface area (TPSA) is 101 Å². The zero-order valence-corrected chi connectivity index (χ0v) is 22.3. The molecule has 2 N–H and O–H groups in total. The highest BCUT2D eigenvalue weighted by molar-refractivity contribution is 5.94. The number of ether oxygens (including phenoxy) is 3. The Bertz CT molecular complexity index is 1180. The van der Waals surface area contributed by atoms with Crippen molar-refractivity contribution in [1.29, 1.82) is 0 Å². The molecule has 0 saturated heterocycles. The van der Waals surface area contributed by atoms with Gasteiger partial charge in [-0.1, -0.05) is 13.0 Å². The van der Waals surface area contributed by atoms with Crippen molar-refractivity contribution in [2.24, 2.45) is 11.8 Å². The van der Waals surface area contributed by atoms with Gasteiger partial charge in [-0.3, -0.25) is 14.5 Å². The van der Waals surface area contributed by atoms with Gasteiger partial charge in [0.05, 0.1) is 19.1 Å². The Kier molecular flexibility index (Phi) is 7.76. The van der Waals surface area contributed by atoms with Gasteiger partial charge in [0, 0.05) is 42.7 Å². The fraction of sp³-hybridized carbons (Fsp3) is 0.517. The Balaban J connectivity index is 1.37. The van der Waals surface area contributed by atoms with E-state index in [9.17, 15) is 14.7 Å². The lowest BCUT2D eigenvalue weighted by Gasteiger charge is -2.34. The smallest absolute Gasteiger partial charge is 0.231 e. The monoisotopic (exact) mass is 523 g/mol. The number of carbonyl (C=O) groups excluding carboxylic acids is 2. The highest BCUT2D eigenvalue weighted by atomic mass is 16.7. The number of rotatable bonds is 8. The number of amides is 2. The van der Waals surface area contributed by atoms with E-state index in [4.69, 9.17) is 14.2 Å². The van der Waals surface area contributed by atoms with Crippen LogP contribution in [0.5, 0.6) is 17.2 Å². The van der Waals surface area contributed by atoms with Crippen molar-refractivity contribution in [3.05, 3.63) is 47.5 Å². The first-order chi connectivity index (χ1) is 18.3. The summed E-state index contributed by atoms with van der Waals surface area (Å²) < 4.78 is 17.6. The molecule has 1 fully saturated rings. The van der Waals surface area contributed by atoms with Gasteiger partial charge in [-0.05, 0) is 62.7 Å². The van der Waals surface area contributed by atoms with Crippen LogP contribution in [0.15, 0.2) is 36.4 Å². The van der Waals surface area contributed by atoms with E-state index in [1.165, 1.54) is 0 Å². The van der Waals surface area contributed by atoms with Gasteiger partial charge < -0.3 is 29.5 Å². The molecule has 2 heterocycles. The van der Waals surface area contributed by atoms with Crippen LogP contribution in [0, 0.1) is 11.8 Å². The van der Waals surface area contributed by atoms with Gasteiger partial charge in [-0.25, -0.2) is 0 Å². The van der Waals surface area contributed by atoms with Crippen molar-refractivity contribution in [3.63, 3.8) is 0 Å². The first kappa shape index (κ1) is 26.3. The molecule has 0 aromatic heterocycles. The fourth-order valence-corrected chi connectivity index (χ4v) is 5.04. The van der Waals surface area contributed by atoms with E-state index in [1.807, 2.05) is 50.4 Å². The quantitative estimate of drug-likeness (QED) is 0.549. The van der Waals surface area contributed by atoms with Gasteiger partial charge in [-0.2, -0.15) is 0 Å². The molecule has 2 aliphatic heterocycles. The highest BCUT2D eigenvalue weighted by Crippen LogP contribution is 2.34. The van der Waals surface area contributed by atoms with Crippen LogP contribution in [0.25, 0.3) is 0 Å². The number of nitrogens with one attached hydrogen (secondary N) is 1. The lowest BCUT2D eigenvalue weighted by atomic mass is 10.0. The van der Waals surface area contributed by atoms with Gasteiger partial charge in [0.1, 0.15) is 11.9 Å². The number of fused-ring (bicyclic) bond motifs is 2. The minimum absolute atomic E-state index is 0.00681. The van der Waals surface area contributed by atoms with E-state index in [2.05, 4.69) is 17.1 Å². The molecule has 1 saturated carbocycles. The number of carbonyl (C=O) groups is 2. The lowest BCUT2D eigenvalue weighted by molar-refractivity contribution is -0.134. The number of likely N-dealkylation sites (N-methyl/N-ethyl adjacent to an activating group) is 1. The highest BCUT2D eigenvalue weighted by Gasteiger charge is 2.32. The molecule has 2 amide bonds. The molecule has 3 aliphatic rings. The van der Waals surface area contributed by atoms with Crippen LogP contribution in [-0.2, 0) is 22.6 Å². The summed E-state index contributed by atoms with van der Waals surface area (Å²) in [6.45, 7) is 5.87. The maximum atomic E-state index is 13.4. The molecule has 5 rings (SSSR count). The molecule has 0 spiro atoms. The van der Waals surface area contributed by atoms with Gasteiger partial charge in [0.2, 0.25) is 18.6 Å². The molecule has 2 aromatic rings. The molecule has 0 radical (unpaired) electrons. The molecule has 0 unspecified atom stereocenters. The number of benzene rings is 2. The number of aliphatic hydroxyl groups is 1. The second-order valence-corrected chi connectivity index (χ2v) is 10.9. The molecule has 38 heavy (non-hydrogen) atoms. The van der Waals surface area contributed by atoms with Crippen LogP contribution in [0.1, 0.15) is 37.8 Å². The van der Waals surface area contributed by atoms with E-state index in [0.29, 0.717) is 31.1 Å². The number of hydrogen-bond donors (Lipinski definition) is 2. The zero-order chi connectivity index (χ0) is 26.8. The van der Waals surface area contributed by atoms with Crippen molar-refractivity contribution < 1.29 is 28.9 Å². The van der Waals surface area contributed by atoms with Crippen molar-refractivity contribution in [3.8, 4) is 17.2 Å². The molecule has 2 aromatic carbocycles. The molecule has 204 valence electrons. The Hall–Kier alpha value is -3.30. The Morgan fingerprint density at radius 3 is 2.68 bits per heavy atom. The summed E-state index contributed by atoms with van der Waals surface area (Å²) >= 11 is 0. The van der Waals surface area contributed by atoms with Crippen molar-refractivity contribution >= 4 is 17.5 Å². The van der Waals surface area contributed by atoms with Gasteiger partial charge in [-0.15, -0.1) is 0 Å². The van der Waals surface area contributed by atoms with Gasteiger partial charge in [0.25, 0.3) is 0 Å². The van der Waals surface area contributed by atoms with E-state index in [-0.39, 0.29) is 55.6 Å². The summed E-state index contributed by atoms with van der Waals surface area (Å²) in [5, 5.41) is 12.8. The van der Waals surface area contributed by atoms with Crippen molar-refractivity contribution in [2.75, 3.05) is 38.9 Å². The summed E-state index contributed by atoms with van der Waals surface area (Å²) in [7, 11) is 2.05. The lowest BCUT2D eigenvalue weighted by Crippen LogP contribution is -2.47. The number of hydrogen-bond acceptors (Lipinski definition) is 7. The predicted molar refractivity (Wildman–Crippen MR) is 142 cm³/mol. The van der Waals surface area contributed by atoms with Crippen LogP contribution in [-0.4, -0.2) is 72.4 Å². The van der Waals surface area contributed by atoms with Crippen LogP contribution in [0.2, 0.25) is 0 Å². The van der Waals surface area contributed by atoms with Gasteiger partial charge in [0.15, 0.2) is 11.5 Å². The molecular formula is C29H37N3O6. The Morgan fingerprint density at radius 2 is 1.92 bits per heavy atom. The molecule has 9 nitrogen and oxygen atoms in total. The average molecular weight is 524 g/mol. The van der Waals surface area contributed by atoms with E-state index in [0.717, 1.165) is 35.5 Å². The molecular weight excluding hydrogens is 486 g/mol. The van der Waals surface area contributed by atoms with Crippen molar-refractivity contribution in [1.82, 2.24) is 9.80 Å². The summed E-state index contributed by atoms with van der Waals surface area (Å²) in [5.74, 6) is 2.22. The SMILES string of the molecule is C[C@@H]1CN([C@@H](C)CO)C(=O)Cc2cc(NC(=O)C3CC3)ccc2O[C@H]1CN(C)Cc1ccc2c(c1)OCO2. The molecule has 9 heteroatoms. The minimum Gasteiger partial charge on any atom is -0.488 e. The van der Waals surface area contributed by atoms with Crippen LogP contribution in [0.3, 0.4) is 0 Å². The second-order valence-electron chi connectivity index (χ2n) is 10.9. The summed E-state index contributed by atoms with van der Waals surface area (Å²) in [4.78, 5) is 29.7. The molecule has 1 aliphatic carbocycles. The van der Waals surface area contributed by atoms with Crippen LogP contribution in [0.4, 0.5) is 5.69 Å². The third-order valence-corrected chi connectivity index (χ3v) is 7.51. The number of aliphatic hydroxyl groups excluding tert-OH is 1. The Morgan fingerprint density at radius 1 is 1.16 bits per heavy atom. The average Bonchev–Trinajstić information content (AvgIpc) is 3.64. The minimum atomic E-state index is -0.309. The maximum absolute atomic E-state index is 13.4. The molecule has 3 atom stereocenters. The zero-order valence-electron chi connectivity index (χ0n) is 22.3. The second kappa shape index (κ2) is 11.2. The predicted octanol–water partition coefficient (Wildman–Crippen LogP) is 3.04. The third-order valence-electron chi connectivity index (χ3n) is 7.51. The largest absolute Gasteiger partial charge is 0.488 e. The summed E-state index contributed by atoms with van der Waals surface area (Å²) in [6, 6.07) is 11.2. The third kappa shape index (κ3) is 6.05. The number of nitrogens with zero attached hydrogens (tertiary/aromatic N) is 2. The van der Waals surface area contributed by atoms with E-state index in [1.54, 1.807) is 4.90 Å². The van der Waals surface area contributed by atoms with Crippen LogP contribution >= 0.6 is 0 Å². The molecule has 0 bridgehead atoms. The maximum Gasteiger partial charge on any atom is 0.231 e. The normalized spacial score (nSPS) is 21.7. The summed E-state index contributed by atoms with van der Waals surface area (Å²) in [6.07, 6.45) is 1.77. The first-order valence-corrected chi connectivity index (χ1v) is 13.4. The number of anilines is 1. The van der Waals surface area contributed by atoms with E-state index >= 15 is 0 Å². The first-order valence-electron chi connectivity index (χ1n) is 13.4. The van der Waals surface area contributed by atoms with Crippen LogP contribution < -0.4 is 19.5 Å². The standard InChI is InChI=1S/C29H37N3O6/c1-18-13-32(19(2)16-33)28(34)12-22-11-23(30-29(35)21-5-6-21)7-9-24(22)38-27(18)15-31(3)14-20-4-8-25-26(10-20)37-17-36-25/h4,7-11,18-19,21,27,33H,5-6,12-17H2,1-3H3,(H,30,35)/t18-,19+,27+/m1/s1. The van der Waals surface area contributed by atoms with Gasteiger partial charge >= 0.3 is 0 Å². The van der Waals surface area contributed by atoms with Crippen molar-refractivity contribution in [2.45, 2.75) is 51.8 Å². The Labute approximate surface area is 223 Å². The fourth-order valence-electron chi connectivity index (χ4n) is 5.04. The summed E-state index contributed by atoms with van der Waals surface area (Å²) in [5.41, 5.74) is 2.51. The van der Waals surface area contributed by atoms with E-state index < -0.39 is 0 Å².